The summed E-state index contributed by atoms with van der Waals surface area (Å²) in [6.45, 7) is 4.01. The van der Waals surface area contributed by atoms with E-state index in [9.17, 15) is 0 Å². The van der Waals surface area contributed by atoms with E-state index in [1.807, 2.05) is 18.5 Å². The van der Waals surface area contributed by atoms with Gasteiger partial charge >= 0.3 is 0 Å². The molecule has 1 aromatic rings. The van der Waals surface area contributed by atoms with Crippen LogP contribution in [0, 0.1) is 6.92 Å². The van der Waals surface area contributed by atoms with Gasteiger partial charge in [-0.15, -0.1) is 34.2 Å². The first kappa shape index (κ1) is 24.4. The first-order chi connectivity index (χ1) is 13.7. The van der Waals surface area contributed by atoms with Gasteiger partial charge in [0.15, 0.2) is 11.8 Å². The highest BCUT2D eigenvalue weighted by Crippen LogP contribution is 2.19. The number of aliphatic imine (C=N–C) groups is 1. The Morgan fingerprint density at radius 1 is 1.03 bits per heavy atom. The van der Waals surface area contributed by atoms with Crippen molar-refractivity contribution >= 4 is 29.9 Å². The van der Waals surface area contributed by atoms with Gasteiger partial charge in [-0.3, -0.25) is 0 Å². The van der Waals surface area contributed by atoms with Gasteiger partial charge in [0.2, 0.25) is 0 Å². The van der Waals surface area contributed by atoms with Crippen molar-refractivity contribution in [2.45, 2.75) is 96.2 Å². The molecule has 2 N–H and O–H groups in total. The van der Waals surface area contributed by atoms with Crippen LogP contribution in [0.5, 0.6) is 0 Å². The molecule has 0 aliphatic heterocycles. The summed E-state index contributed by atoms with van der Waals surface area (Å²) < 4.78 is 8.11. The molecular weight excluding hydrogens is 479 g/mol. The Labute approximate surface area is 192 Å². The lowest BCUT2D eigenvalue weighted by molar-refractivity contribution is 0.0467. The van der Waals surface area contributed by atoms with Gasteiger partial charge < -0.3 is 19.9 Å². The van der Waals surface area contributed by atoms with E-state index >= 15 is 0 Å². The van der Waals surface area contributed by atoms with Gasteiger partial charge in [-0.05, 0) is 32.6 Å². The lowest BCUT2D eigenvalue weighted by Gasteiger charge is -2.25. The third kappa shape index (κ3) is 8.39. The van der Waals surface area contributed by atoms with Gasteiger partial charge in [-0.1, -0.05) is 44.9 Å². The quantitative estimate of drug-likeness (QED) is 0.189. The maximum atomic E-state index is 6.12. The predicted octanol–water partition coefficient (Wildman–Crippen LogP) is 3.85. The van der Waals surface area contributed by atoms with Crippen LogP contribution in [0.1, 0.15) is 82.3 Å². The van der Waals surface area contributed by atoms with Crippen molar-refractivity contribution in [2.24, 2.45) is 12.0 Å². The molecule has 2 aliphatic carbocycles. The highest BCUT2D eigenvalue weighted by Gasteiger charge is 2.16. The number of rotatable bonds is 7. The number of aryl methyl sites for hydroxylation is 1. The molecule has 7 nitrogen and oxygen atoms in total. The number of nitrogens with one attached hydrogen (secondary N) is 2. The SMILES string of the molecule is Cc1nnc(CN=C(NCCOC2CCCCCC2)NC2CCCCC2)n1C.I. The molecule has 0 atom stereocenters. The number of guanidine groups is 1. The highest BCUT2D eigenvalue weighted by molar-refractivity contribution is 14.0. The normalized spacial score (nSPS) is 19.4. The van der Waals surface area contributed by atoms with Crippen molar-refractivity contribution in [3.05, 3.63) is 11.6 Å². The fourth-order valence-corrected chi connectivity index (χ4v) is 4.13. The summed E-state index contributed by atoms with van der Waals surface area (Å²) in [5, 5.41) is 15.5. The summed E-state index contributed by atoms with van der Waals surface area (Å²) in [5.74, 6) is 2.67. The Balaban J connectivity index is 0.00000300. The topological polar surface area (TPSA) is 76.4 Å². The predicted molar refractivity (Wildman–Crippen MR) is 128 cm³/mol. The second-order valence-corrected chi connectivity index (χ2v) is 8.28. The second-order valence-electron chi connectivity index (χ2n) is 8.28. The van der Waals surface area contributed by atoms with Crippen LogP contribution < -0.4 is 10.6 Å². The Kier molecular flexibility index (Phi) is 11.3. The monoisotopic (exact) mass is 518 g/mol. The summed E-state index contributed by atoms with van der Waals surface area (Å²) >= 11 is 0. The van der Waals surface area contributed by atoms with Crippen LogP contribution in [0.4, 0.5) is 0 Å². The molecule has 8 heteroatoms. The van der Waals surface area contributed by atoms with E-state index in [4.69, 9.17) is 9.73 Å². The van der Waals surface area contributed by atoms with Crippen molar-refractivity contribution < 1.29 is 4.74 Å². The van der Waals surface area contributed by atoms with E-state index in [0.29, 0.717) is 18.7 Å². The Morgan fingerprint density at radius 2 is 1.69 bits per heavy atom. The molecule has 0 radical (unpaired) electrons. The van der Waals surface area contributed by atoms with E-state index in [2.05, 4.69) is 20.8 Å². The summed E-state index contributed by atoms with van der Waals surface area (Å²) in [5.41, 5.74) is 0. The maximum Gasteiger partial charge on any atom is 0.192 e. The van der Waals surface area contributed by atoms with Crippen LogP contribution in [-0.4, -0.2) is 46.0 Å². The second kappa shape index (κ2) is 13.4. The Hall–Kier alpha value is -0.900. The van der Waals surface area contributed by atoms with Crippen LogP contribution in [0.3, 0.4) is 0 Å². The number of ether oxygens (including phenoxy) is 1. The molecule has 0 unspecified atom stereocenters. The molecule has 0 aromatic carbocycles. The average Bonchev–Trinajstić information content (AvgIpc) is 2.90. The summed E-state index contributed by atoms with van der Waals surface area (Å²) in [6.07, 6.45) is 14.6. The van der Waals surface area contributed by atoms with Crippen molar-refractivity contribution in [3.8, 4) is 0 Å². The molecule has 1 aromatic heterocycles. The fourth-order valence-electron chi connectivity index (χ4n) is 4.13. The molecule has 2 saturated carbocycles. The van der Waals surface area contributed by atoms with Crippen LogP contribution in [-0.2, 0) is 18.3 Å². The average molecular weight is 518 g/mol. The Morgan fingerprint density at radius 3 is 2.34 bits per heavy atom. The van der Waals surface area contributed by atoms with Crippen LogP contribution in [0.25, 0.3) is 0 Å². The molecule has 2 fully saturated rings. The number of halogens is 1. The molecule has 0 bridgehead atoms. The molecule has 0 spiro atoms. The first-order valence-corrected chi connectivity index (χ1v) is 11.2. The third-order valence-corrected chi connectivity index (χ3v) is 6.06. The number of nitrogens with zero attached hydrogens (tertiary/aromatic N) is 4. The molecule has 166 valence electrons. The Bertz CT molecular complexity index is 606. The van der Waals surface area contributed by atoms with Crippen molar-refractivity contribution in [2.75, 3.05) is 13.2 Å². The highest BCUT2D eigenvalue weighted by atomic mass is 127. The minimum Gasteiger partial charge on any atom is -0.376 e. The first-order valence-electron chi connectivity index (χ1n) is 11.2. The van der Waals surface area contributed by atoms with Crippen LogP contribution in [0.15, 0.2) is 4.99 Å². The molecule has 1 heterocycles. The number of hydrogen-bond acceptors (Lipinski definition) is 4. The van der Waals surface area contributed by atoms with E-state index in [0.717, 1.165) is 30.8 Å². The third-order valence-electron chi connectivity index (χ3n) is 6.06. The van der Waals surface area contributed by atoms with Gasteiger partial charge in [0.05, 0.1) is 12.7 Å². The zero-order valence-corrected chi connectivity index (χ0v) is 20.5. The van der Waals surface area contributed by atoms with Crippen LogP contribution in [0.2, 0.25) is 0 Å². The fraction of sp³-hybridized carbons (Fsp3) is 0.857. The zero-order valence-electron chi connectivity index (χ0n) is 18.2. The minimum atomic E-state index is 0. The van der Waals surface area contributed by atoms with Crippen LogP contribution >= 0.6 is 24.0 Å². The van der Waals surface area contributed by atoms with Gasteiger partial charge in [-0.2, -0.15) is 0 Å². The molecule has 0 amide bonds. The van der Waals surface area contributed by atoms with E-state index < -0.39 is 0 Å². The largest absolute Gasteiger partial charge is 0.376 e. The van der Waals surface area contributed by atoms with Crippen molar-refractivity contribution in [1.29, 1.82) is 0 Å². The van der Waals surface area contributed by atoms with Gasteiger partial charge in [-0.25, -0.2) is 4.99 Å². The van der Waals surface area contributed by atoms with E-state index in [1.165, 1.54) is 70.6 Å². The summed E-state index contributed by atoms with van der Waals surface area (Å²) in [4.78, 5) is 4.78. The summed E-state index contributed by atoms with van der Waals surface area (Å²) in [6, 6.07) is 0.518. The number of hydrogen-bond donors (Lipinski definition) is 2. The van der Waals surface area contributed by atoms with Crippen molar-refractivity contribution in [3.63, 3.8) is 0 Å². The summed E-state index contributed by atoms with van der Waals surface area (Å²) in [7, 11) is 1.99. The lowest BCUT2D eigenvalue weighted by Crippen LogP contribution is -2.45. The standard InChI is InChI=1S/C21H38N6O.HI/c1-17-25-26-20(27(17)2)16-23-21(24-18-10-6-5-7-11-18)22-14-15-28-19-12-8-3-4-9-13-19;/h18-19H,3-16H2,1-2H3,(H2,22,23,24);1H. The van der Waals surface area contributed by atoms with Gasteiger partial charge in [0.1, 0.15) is 12.4 Å². The zero-order chi connectivity index (χ0) is 19.6. The number of aromatic nitrogens is 3. The van der Waals surface area contributed by atoms with E-state index in [1.54, 1.807) is 0 Å². The molecular formula is C21H39IN6O. The molecule has 0 saturated heterocycles. The smallest absolute Gasteiger partial charge is 0.192 e. The molecule has 2 aliphatic rings. The molecule has 3 rings (SSSR count). The molecule has 29 heavy (non-hydrogen) atoms. The van der Waals surface area contributed by atoms with Gasteiger partial charge in [0, 0.05) is 19.6 Å². The van der Waals surface area contributed by atoms with Crippen molar-refractivity contribution in [1.82, 2.24) is 25.4 Å². The maximum absolute atomic E-state index is 6.12. The lowest BCUT2D eigenvalue weighted by atomic mass is 9.96. The van der Waals surface area contributed by atoms with Gasteiger partial charge in [0.25, 0.3) is 0 Å². The minimum absolute atomic E-state index is 0. The van der Waals surface area contributed by atoms with E-state index in [-0.39, 0.29) is 24.0 Å².